The van der Waals surface area contributed by atoms with Crippen molar-refractivity contribution in [1.82, 2.24) is 5.09 Å². The van der Waals surface area contributed by atoms with Gasteiger partial charge in [-0.2, -0.15) is 0 Å². The number of rotatable bonds is 12. The van der Waals surface area contributed by atoms with Gasteiger partial charge in [0.15, 0.2) is 0 Å². The number of hydrogen-bond acceptors (Lipinski definition) is 2. The monoisotopic (exact) mass is 615 g/mol. The van der Waals surface area contributed by atoms with Crippen LogP contribution >= 0.6 is 7.29 Å². The molecule has 5 aromatic carbocycles. The largest absolute Gasteiger partial charge is 0.407 e. The van der Waals surface area contributed by atoms with E-state index in [1.807, 2.05) is 78.9 Å². The molecule has 5 heteroatoms. The Kier molecular flexibility index (Phi) is 10.3. The van der Waals surface area contributed by atoms with Crippen LogP contribution in [-0.2, 0) is 8.99 Å². The number of hydrogen-bond donors (Lipinski definition) is 1. The van der Waals surface area contributed by atoms with Crippen LogP contribution in [0.1, 0.15) is 38.8 Å². The lowest BCUT2D eigenvalue weighted by Crippen LogP contribution is -2.66. The lowest BCUT2D eigenvalue weighted by molar-refractivity contribution is 0.304. The molecule has 0 radical (unpaired) electrons. The van der Waals surface area contributed by atoms with Gasteiger partial charge in [0.2, 0.25) is 7.29 Å². The molecule has 3 nitrogen and oxygen atoms in total. The zero-order valence-corrected chi connectivity index (χ0v) is 27.7. The highest BCUT2D eigenvalue weighted by Crippen LogP contribution is 2.42. The smallest absolute Gasteiger partial charge is 0.261 e. The van der Waals surface area contributed by atoms with Crippen molar-refractivity contribution in [2.45, 2.75) is 38.3 Å². The maximum absolute atomic E-state index is 14.9. The average molecular weight is 616 g/mol. The molecule has 0 aliphatic heterocycles. The van der Waals surface area contributed by atoms with Crippen LogP contribution in [0.25, 0.3) is 0 Å². The van der Waals surface area contributed by atoms with Crippen molar-refractivity contribution in [2.24, 2.45) is 0 Å². The van der Waals surface area contributed by atoms with Gasteiger partial charge < -0.3 is 4.43 Å². The van der Waals surface area contributed by atoms with E-state index in [0.717, 1.165) is 22.6 Å². The highest BCUT2D eigenvalue weighted by atomic mass is 31.2. The van der Waals surface area contributed by atoms with Crippen molar-refractivity contribution in [3.8, 4) is 0 Å². The van der Waals surface area contributed by atoms with Crippen LogP contribution in [-0.4, -0.2) is 14.9 Å². The van der Waals surface area contributed by atoms with E-state index in [1.54, 1.807) is 0 Å². The van der Waals surface area contributed by atoms with Gasteiger partial charge in [0, 0.05) is 17.2 Å². The Morgan fingerprint density at radius 2 is 1.07 bits per heavy atom. The Labute approximate surface area is 264 Å². The van der Waals surface area contributed by atoms with Crippen LogP contribution in [0, 0.1) is 0 Å². The molecule has 0 fully saturated rings. The minimum Gasteiger partial charge on any atom is -0.407 e. The highest BCUT2D eigenvalue weighted by molar-refractivity contribution is 7.76. The fraction of sp³-hybridized carbons (Fsp3) is 0.179. The van der Waals surface area contributed by atoms with Gasteiger partial charge in [-0.15, -0.1) is 0 Å². The molecule has 5 aromatic rings. The maximum Gasteiger partial charge on any atom is 0.261 e. The fourth-order valence-corrected chi connectivity index (χ4v) is 12.9. The van der Waals surface area contributed by atoms with Crippen molar-refractivity contribution >= 4 is 36.6 Å². The molecule has 0 saturated carbocycles. The van der Waals surface area contributed by atoms with Gasteiger partial charge >= 0.3 is 0 Å². The molecule has 5 rings (SSSR count). The number of nitrogens with one attached hydrogen (secondary N) is 1. The summed E-state index contributed by atoms with van der Waals surface area (Å²) in [4.78, 5) is 0. The molecular weight excluding hydrogens is 573 g/mol. The van der Waals surface area contributed by atoms with Crippen molar-refractivity contribution in [3.63, 3.8) is 0 Å². The van der Waals surface area contributed by atoms with E-state index < -0.39 is 15.6 Å². The van der Waals surface area contributed by atoms with E-state index in [1.165, 1.54) is 10.4 Å². The van der Waals surface area contributed by atoms with Crippen LogP contribution in [0.4, 0.5) is 0 Å². The SMILES string of the molecule is CC(C)(C)[Si](OCC/C=C/C(NP(=O)(c1ccccc1)c1ccccc1)c1ccccc1)(c1ccccc1)c1ccccc1. The Bertz CT molecular complexity index is 1570. The van der Waals surface area contributed by atoms with Crippen molar-refractivity contribution in [1.29, 1.82) is 0 Å². The molecule has 224 valence electrons. The predicted octanol–water partition coefficient (Wildman–Crippen LogP) is 7.77. The van der Waals surface area contributed by atoms with Crippen LogP contribution in [0.5, 0.6) is 0 Å². The molecule has 0 spiro atoms. The fourth-order valence-electron chi connectivity index (χ4n) is 5.93. The summed E-state index contributed by atoms with van der Waals surface area (Å²) in [6.07, 6.45) is 5.04. The number of benzene rings is 5. The van der Waals surface area contributed by atoms with Crippen molar-refractivity contribution < 1.29 is 8.99 Å². The standard InChI is InChI=1S/C39H42NO2PSi/c1-39(2,3)44(36-27-15-7-16-28-36,37-29-17-8-18-30-37)42-32-20-19-31-38(33-21-9-4-10-22-33)40-43(41,34-23-11-5-12-24-34)35-25-13-6-14-26-35/h4-19,21-31,38H,20,32H2,1-3H3,(H,40,41)/b31-19+. The predicted molar refractivity (Wildman–Crippen MR) is 189 cm³/mol. The molecule has 0 aliphatic rings. The summed E-state index contributed by atoms with van der Waals surface area (Å²) in [6, 6.07) is 51.0. The molecule has 0 bridgehead atoms. The second kappa shape index (κ2) is 14.3. The molecule has 1 unspecified atom stereocenters. The zero-order valence-electron chi connectivity index (χ0n) is 25.8. The molecule has 1 atom stereocenters. The first-order chi connectivity index (χ1) is 21.3. The lowest BCUT2D eigenvalue weighted by Gasteiger charge is -2.43. The Morgan fingerprint density at radius 3 is 1.50 bits per heavy atom. The summed E-state index contributed by atoms with van der Waals surface area (Å²) < 4.78 is 22.0. The third kappa shape index (κ3) is 6.95. The van der Waals surface area contributed by atoms with Gasteiger partial charge in [-0.05, 0) is 51.7 Å². The highest BCUT2D eigenvalue weighted by Gasteiger charge is 2.49. The van der Waals surface area contributed by atoms with Gasteiger partial charge in [-0.25, -0.2) is 5.09 Å². The van der Waals surface area contributed by atoms with Crippen molar-refractivity contribution in [2.75, 3.05) is 6.61 Å². The lowest BCUT2D eigenvalue weighted by atomic mass is 10.1. The van der Waals surface area contributed by atoms with Gasteiger partial charge in [0.25, 0.3) is 8.32 Å². The maximum atomic E-state index is 14.9. The minimum atomic E-state index is -3.16. The van der Waals surface area contributed by atoms with Gasteiger partial charge in [0.1, 0.15) is 0 Å². The molecule has 0 amide bonds. The first-order valence-corrected chi connectivity index (χ1v) is 18.9. The summed E-state index contributed by atoms with van der Waals surface area (Å²) in [5.74, 6) is 0. The first-order valence-electron chi connectivity index (χ1n) is 15.3. The topological polar surface area (TPSA) is 38.3 Å². The molecule has 0 aliphatic carbocycles. The van der Waals surface area contributed by atoms with E-state index in [2.05, 4.69) is 111 Å². The quantitative estimate of drug-likeness (QED) is 0.0675. The third-order valence-electron chi connectivity index (χ3n) is 8.07. The zero-order chi connectivity index (χ0) is 30.9. The summed E-state index contributed by atoms with van der Waals surface area (Å²) in [7, 11) is -5.77. The second-order valence-electron chi connectivity index (χ2n) is 12.0. The van der Waals surface area contributed by atoms with E-state index in [4.69, 9.17) is 4.43 Å². The van der Waals surface area contributed by atoms with E-state index in [9.17, 15) is 4.57 Å². The van der Waals surface area contributed by atoms with Gasteiger partial charge in [-0.3, -0.25) is 4.57 Å². The molecule has 0 heterocycles. The third-order valence-corrected chi connectivity index (χ3v) is 15.8. The Morgan fingerprint density at radius 1 is 0.659 bits per heavy atom. The van der Waals surface area contributed by atoms with Crippen LogP contribution in [0.15, 0.2) is 164 Å². The second-order valence-corrected chi connectivity index (χ2v) is 18.8. The van der Waals surface area contributed by atoms with E-state index >= 15 is 0 Å². The van der Waals surface area contributed by atoms with Gasteiger partial charge in [-0.1, -0.05) is 160 Å². The summed E-state index contributed by atoms with van der Waals surface area (Å²) in [5.41, 5.74) is 1.06. The first kappa shape index (κ1) is 31.6. The molecule has 0 saturated heterocycles. The molecule has 1 N–H and O–H groups in total. The summed E-state index contributed by atoms with van der Waals surface area (Å²) in [6.45, 7) is 7.49. The summed E-state index contributed by atoms with van der Waals surface area (Å²) in [5, 5.41) is 7.65. The van der Waals surface area contributed by atoms with Crippen LogP contribution < -0.4 is 26.1 Å². The molecule has 44 heavy (non-hydrogen) atoms. The Hall–Kier alpha value is -3.79. The Balaban J connectivity index is 1.43. The van der Waals surface area contributed by atoms with Crippen LogP contribution in [0.3, 0.4) is 0 Å². The van der Waals surface area contributed by atoms with Gasteiger partial charge in [0.05, 0.1) is 6.04 Å². The van der Waals surface area contributed by atoms with E-state index in [-0.39, 0.29) is 11.1 Å². The molecule has 0 aromatic heterocycles. The summed E-state index contributed by atoms with van der Waals surface area (Å²) >= 11 is 0. The molecular formula is C39H42NO2PSi. The average Bonchev–Trinajstić information content (AvgIpc) is 3.07. The van der Waals surface area contributed by atoms with Crippen LogP contribution in [0.2, 0.25) is 5.04 Å². The normalized spacial score (nSPS) is 13.2. The van der Waals surface area contributed by atoms with E-state index in [0.29, 0.717) is 6.61 Å². The van der Waals surface area contributed by atoms with Crippen molar-refractivity contribution in [3.05, 3.63) is 169 Å². The minimum absolute atomic E-state index is 0.0778.